The van der Waals surface area contributed by atoms with Crippen molar-refractivity contribution in [3.63, 3.8) is 0 Å². The summed E-state index contributed by atoms with van der Waals surface area (Å²) in [6, 6.07) is 11.5. The Kier molecular flexibility index (Phi) is 3.22. The van der Waals surface area contributed by atoms with Crippen LogP contribution in [-0.4, -0.2) is 25.2 Å². The molecule has 0 aromatic heterocycles. The lowest BCUT2D eigenvalue weighted by atomic mass is 10.1. The third-order valence-corrected chi connectivity index (χ3v) is 2.34. The largest absolute Gasteiger partial charge is 0.463 e. The van der Waals surface area contributed by atoms with Gasteiger partial charge in [-0.25, -0.2) is 4.99 Å². The van der Waals surface area contributed by atoms with E-state index >= 15 is 0 Å². The van der Waals surface area contributed by atoms with Crippen LogP contribution >= 0.6 is 0 Å². The van der Waals surface area contributed by atoms with Gasteiger partial charge in [0.15, 0.2) is 0 Å². The fourth-order valence-electron chi connectivity index (χ4n) is 1.65. The van der Waals surface area contributed by atoms with Gasteiger partial charge in [-0.3, -0.25) is 0 Å². The molecular formula is C12H16N2O. The Hall–Kier alpha value is -1.51. The maximum absolute atomic E-state index is 5.30. The molecule has 15 heavy (non-hydrogen) atoms. The fraction of sp³-hybridized carbons (Fsp3) is 0.417. The minimum Gasteiger partial charge on any atom is -0.463 e. The highest BCUT2D eigenvalue weighted by Gasteiger charge is 2.10. The SMILES string of the molecule is CC(Cc1ccccc1)NC1=NCCO1. The second-order valence-electron chi connectivity index (χ2n) is 3.77. The molecule has 3 heteroatoms. The van der Waals surface area contributed by atoms with Gasteiger partial charge < -0.3 is 10.1 Å². The van der Waals surface area contributed by atoms with Crippen LogP contribution in [0, 0.1) is 0 Å². The molecular weight excluding hydrogens is 188 g/mol. The number of nitrogens with one attached hydrogen (secondary N) is 1. The van der Waals surface area contributed by atoms with Gasteiger partial charge in [0, 0.05) is 6.04 Å². The van der Waals surface area contributed by atoms with Crippen molar-refractivity contribution in [1.82, 2.24) is 5.32 Å². The lowest BCUT2D eigenvalue weighted by molar-refractivity contribution is 0.326. The van der Waals surface area contributed by atoms with Gasteiger partial charge in [0.1, 0.15) is 6.61 Å². The number of benzene rings is 1. The molecule has 0 fully saturated rings. The topological polar surface area (TPSA) is 33.6 Å². The number of nitrogens with zero attached hydrogens (tertiary/aromatic N) is 1. The molecule has 0 aliphatic carbocycles. The van der Waals surface area contributed by atoms with Crippen LogP contribution in [0.3, 0.4) is 0 Å². The molecule has 0 bridgehead atoms. The lowest BCUT2D eigenvalue weighted by Gasteiger charge is -2.14. The van der Waals surface area contributed by atoms with Gasteiger partial charge in [0.05, 0.1) is 6.54 Å². The minimum atomic E-state index is 0.351. The molecule has 1 aliphatic heterocycles. The second kappa shape index (κ2) is 4.82. The molecule has 80 valence electrons. The summed E-state index contributed by atoms with van der Waals surface area (Å²) in [5.41, 5.74) is 1.33. The highest BCUT2D eigenvalue weighted by Crippen LogP contribution is 2.03. The third-order valence-electron chi connectivity index (χ3n) is 2.34. The van der Waals surface area contributed by atoms with Gasteiger partial charge >= 0.3 is 0 Å². The van der Waals surface area contributed by atoms with Crippen molar-refractivity contribution in [3.8, 4) is 0 Å². The first-order chi connectivity index (χ1) is 7.34. The van der Waals surface area contributed by atoms with Gasteiger partial charge in [0.2, 0.25) is 0 Å². The van der Waals surface area contributed by atoms with Crippen LogP contribution in [0.15, 0.2) is 35.3 Å². The van der Waals surface area contributed by atoms with Crippen LogP contribution in [0.2, 0.25) is 0 Å². The lowest BCUT2D eigenvalue weighted by Crippen LogP contribution is -2.34. The highest BCUT2D eigenvalue weighted by molar-refractivity contribution is 5.75. The Morgan fingerprint density at radius 2 is 2.20 bits per heavy atom. The normalized spacial score (nSPS) is 16.7. The number of ether oxygens (including phenoxy) is 1. The van der Waals surface area contributed by atoms with Crippen LogP contribution in [0.5, 0.6) is 0 Å². The van der Waals surface area contributed by atoms with Gasteiger partial charge in [-0.15, -0.1) is 0 Å². The summed E-state index contributed by atoms with van der Waals surface area (Å²) in [5.74, 6) is 0. The number of aliphatic imine (C=N–C) groups is 1. The molecule has 0 amide bonds. The number of amidine groups is 1. The van der Waals surface area contributed by atoms with Crippen molar-refractivity contribution in [3.05, 3.63) is 35.9 Å². The zero-order valence-corrected chi connectivity index (χ0v) is 8.94. The summed E-state index contributed by atoms with van der Waals surface area (Å²) in [6.07, 6.45) is 0.989. The average molecular weight is 204 g/mol. The van der Waals surface area contributed by atoms with Crippen LogP contribution in [-0.2, 0) is 11.2 Å². The van der Waals surface area contributed by atoms with E-state index in [4.69, 9.17) is 4.74 Å². The molecule has 3 nitrogen and oxygen atoms in total. The van der Waals surface area contributed by atoms with E-state index in [0.29, 0.717) is 18.7 Å². The molecule has 0 saturated carbocycles. The molecule has 0 saturated heterocycles. The Balaban J connectivity index is 1.84. The molecule has 1 aromatic rings. The summed E-state index contributed by atoms with van der Waals surface area (Å²) < 4.78 is 5.30. The zero-order chi connectivity index (χ0) is 10.5. The Morgan fingerprint density at radius 3 is 2.87 bits per heavy atom. The van der Waals surface area contributed by atoms with E-state index in [1.54, 1.807) is 0 Å². The van der Waals surface area contributed by atoms with Crippen molar-refractivity contribution < 1.29 is 4.74 Å². The van der Waals surface area contributed by atoms with Gasteiger partial charge in [-0.2, -0.15) is 0 Å². The molecule has 1 unspecified atom stereocenters. The smallest absolute Gasteiger partial charge is 0.285 e. The van der Waals surface area contributed by atoms with Gasteiger partial charge in [0.25, 0.3) is 6.02 Å². The monoisotopic (exact) mass is 204 g/mol. The minimum absolute atomic E-state index is 0.351. The summed E-state index contributed by atoms with van der Waals surface area (Å²) in [7, 11) is 0. The van der Waals surface area contributed by atoms with E-state index in [1.165, 1.54) is 5.56 Å². The van der Waals surface area contributed by atoms with Crippen LogP contribution in [0.4, 0.5) is 0 Å². The first-order valence-electron chi connectivity index (χ1n) is 5.32. The fourth-order valence-corrected chi connectivity index (χ4v) is 1.65. The molecule has 0 spiro atoms. The second-order valence-corrected chi connectivity index (χ2v) is 3.77. The van der Waals surface area contributed by atoms with E-state index in [9.17, 15) is 0 Å². The molecule has 1 aliphatic rings. The Morgan fingerprint density at radius 1 is 1.40 bits per heavy atom. The summed E-state index contributed by atoms with van der Waals surface area (Å²) in [6.45, 7) is 3.62. The van der Waals surface area contributed by atoms with Crippen LogP contribution in [0.1, 0.15) is 12.5 Å². The van der Waals surface area contributed by atoms with Gasteiger partial charge in [-0.1, -0.05) is 30.3 Å². The van der Waals surface area contributed by atoms with E-state index in [-0.39, 0.29) is 0 Å². The summed E-state index contributed by atoms with van der Waals surface area (Å²) >= 11 is 0. The molecule has 0 radical (unpaired) electrons. The first-order valence-corrected chi connectivity index (χ1v) is 5.32. The van der Waals surface area contributed by atoms with Crippen molar-refractivity contribution in [2.24, 2.45) is 4.99 Å². The van der Waals surface area contributed by atoms with E-state index < -0.39 is 0 Å². The number of rotatable bonds is 3. The highest BCUT2D eigenvalue weighted by atomic mass is 16.5. The molecule has 1 heterocycles. The van der Waals surface area contributed by atoms with Crippen molar-refractivity contribution in [2.75, 3.05) is 13.2 Å². The van der Waals surface area contributed by atoms with Crippen LogP contribution in [0.25, 0.3) is 0 Å². The Labute approximate surface area is 90.2 Å². The number of hydrogen-bond donors (Lipinski definition) is 1. The molecule has 1 N–H and O–H groups in total. The summed E-state index contributed by atoms with van der Waals surface area (Å²) in [5, 5.41) is 3.26. The Bertz CT molecular complexity index is 335. The van der Waals surface area contributed by atoms with Crippen LogP contribution < -0.4 is 5.32 Å². The third kappa shape index (κ3) is 2.98. The van der Waals surface area contributed by atoms with E-state index in [2.05, 4.69) is 41.5 Å². The average Bonchev–Trinajstić information content (AvgIpc) is 2.71. The predicted molar refractivity (Wildman–Crippen MR) is 61.0 cm³/mol. The molecule has 1 atom stereocenters. The van der Waals surface area contributed by atoms with E-state index in [0.717, 1.165) is 13.0 Å². The summed E-state index contributed by atoms with van der Waals surface area (Å²) in [4.78, 5) is 4.20. The molecule has 2 rings (SSSR count). The van der Waals surface area contributed by atoms with Crippen molar-refractivity contribution in [2.45, 2.75) is 19.4 Å². The first kappa shape index (κ1) is 10.0. The molecule has 1 aromatic carbocycles. The predicted octanol–water partition coefficient (Wildman–Crippen LogP) is 1.59. The van der Waals surface area contributed by atoms with Gasteiger partial charge in [-0.05, 0) is 18.9 Å². The standard InChI is InChI=1S/C12H16N2O/c1-10(14-12-13-7-8-15-12)9-11-5-3-2-4-6-11/h2-6,10H,7-9H2,1H3,(H,13,14). The maximum atomic E-state index is 5.30. The number of hydrogen-bond acceptors (Lipinski definition) is 3. The van der Waals surface area contributed by atoms with Crippen molar-refractivity contribution in [1.29, 1.82) is 0 Å². The quantitative estimate of drug-likeness (QED) is 0.811. The maximum Gasteiger partial charge on any atom is 0.285 e. The van der Waals surface area contributed by atoms with E-state index in [1.807, 2.05) is 6.07 Å². The zero-order valence-electron chi connectivity index (χ0n) is 8.94. The van der Waals surface area contributed by atoms with Crippen molar-refractivity contribution >= 4 is 6.02 Å².